The van der Waals surface area contributed by atoms with E-state index in [0.29, 0.717) is 27.9 Å². The number of aromatic nitrogens is 1. The van der Waals surface area contributed by atoms with Gasteiger partial charge in [-0.2, -0.15) is 0 Å². The fourth-order valence-corrected chi connectivity index (χ4v) is 3.58. The van der Waals surface area contributed by atoms with Crippen LogP contribution in [0, 0.1) is 0 Å². The van der Waals surface area contributed by atoms with Crippen LogP contribution in [-0.2, 0) is 9.53 Å². The summed E-state index contributed by atoms with van der Waals surface area (Å²) in [6, 6.07) is 12.2. The molecule has 1 heterocycles. The Bertz CT molecular complexity index is 1040. The first kappa shape index (κ1) is 20.8. The molecule has 1 aromatic heterocycles. The van der Waals surface area contributed by atoms with E-state index in [2.05, 4.69) is 26.2 Å². The molecule has 1 amide bonds. The SMILES string of the molecule is COc1ccc(-c2csc(NC(=O)COC(=O)c3cccc(Br)c3)n2)cc1OC. The third-order valence-corrected chi connectivity index (χ3v) is 5.08. The van der Waals surface area contributed by atoms with E-state index in [-0.39, 0.29) is 0 Å². The Morgan fingerprint density at radius 3 is 2.62 bits per heavy atom. The Hall–Kier alpha value is -2.91. The van der Waals surface area contributed by atoms with Crippen LogP contribution in [0.5, 0.6) is 11.5 Å². The van der Waals surface area contributed by atoms with Crippen LogP contribution in [0.4, 0.5) is 5.13 Å². The standard InChI is InChI=1S/C20H17BrN2O5S/c1-26-16-7-6-12(9-17(16)27-2)15-11-29-20(22-15)23-18(24)10-28-19(25)13-4-3-5-14(21)8-13/h3-9,11H,10H2,1-2H3,(H,22,23,24). The van der Waals surface area contributed by atoms with E-state index in [1.807, 2.05) is 11.4 Å². The number of amides is 1. The largest absolute Gasteiger partial charge is 0.493 e. The summed E-state index contributed by atoms with van der Waals surface area (Å²) in [5.41, 5.74) is 1.86. The van der Waals surface area contributed by atoms with E-state index >= 15 is 0 Å². The van der Waals surface area contributed by atoms with E-state index < -0.39 is 18.5 Å². The van der Waals surface area contributed by atoms with Crippen molar-refractivity contribution in [2.24, 2.45) is 0 Å². The highest BCUT2D eigenvalue weighted by atomic mass is 79.9. The maximum Gasteiger partial charge on any atom is 0.338 e. The first-order valence-electron chi connectivity index (χ1n) is 8.40. The smallest absolute Gasteiger partial charge is 0.338 e. The zero-order chi connectivity index (χ0) is 20.8. The summed E-state index contributed by atoms with van der Waals surface area (Å²) in [5.74, 6) is 0.156. The molecule has 29 heavy (non-hydrogen) atoms. The number of methoxy groups -OCH3 is 2. The van der Waals surface area contributed by atoms with Gasteiger partial charge in [0.15, 0.2) is 23.2 Å². The molecule has 0 saturated carbocycles. The van der Waals surface area contributed by atoms with Crippen molar-refractivity contribution in [2.75, 3.05) is 26.1 Å². The molecule has 0 bridgehead atoms. The predicted molar refractivity (Wildman–Crippen MR) is 114 cm³/mol. The number of esters is 1. The Morgan fingerprint density at radius 1 is 1.10 bits per heavy atom. The number of ether oxygens (including phenoxy) is 3. The molecule has 9 heteroatoms. The number of hydrogen-bond acceptors (Lipinski definition) is 7. The van der Waals surface area contributed by atoms with Crippen LogP contribution in [0.15, 0.2) is 52.3 Å². The molecule has 0 unspecified atom stereocenters. The number of halogens is 1. The molecule has 0 spiro atoms. The predicted octanol–water partition coefficient (Wildman–Crippen LogP) is 4.39. The quantitative estimate of drug-likeness (QED) is 0.509. The van der Waals surface area contributed by atoms with Gasteiger partial charge in [0.2, 0.25) is 0 Å². The van der Waals surface area contributed by atoms with Gasteiger partial charge in [0.1, 0.15) is 0 Å². The zero-order valence-electron chi connectivity index (χ0n) is 15.6. The van der Waals surface area contributed by atoms with Gasteiger partial charge in [-0.05, 0) is 36.4 Å². The van der Waals surface area contributed by atoms with Crippen molar-refractivity contribution >= 4 is 44.3 Å². The van der Waals surface area contributed by atoms with Gasteiger partial charge in [0.25, 0.3) is 5.91 Å². The summed E-state index contributed by atoms with van der Waals surface area (Å²) in [5, 5.41) is 4.84. The average molecular weight is 477 g/mol. The van der Waals surface area contributed by atoms with Crippen molar-refractivity contribution in [1.29, 1.82) is 0 Å². The van der Waals surface area contributed by atoms with Gasteiger partial charge in [-0.1, -0.05) is 22.0 Å². The molecular formula is C20H17BrN2O5S. The number of thiazole rings is 1. The van der Waals surface area contributed by atoms with Crippen molar-refractivity contribution in [3.63, 3.8) is 0 Å². The summed E-state index contributed by atoms with van der Waals surface area (Å²) in [7, 11) is 3.13. The van der Waals surface area contributed by atoms with Crippen molar-refractivity contribution in [3.05, 3.63) is 57.9 Å². The second kappa shape index (κ2) is 9.53. The number of rotatable bonds is 7. The monoisotopic (exact) mass is 476 g/mol. The lowest BCUT2D eigenvalue weighted by atomic mass is 10.1. The molecule has 0 saturated heterocycles. The Morgan fingerprint density at radius 2 is 1.90 bits per heavy atom. The topological polar surface area (TPSA) is 86.8 Å². The lowest BCUT2D eigenvalue weighted by molar-refractivity contribution is -0.119. The van der Waals surface area contributed by atoms with E-state index in [9.17, 15) is 9.59 Å². The number of anilines is 1. The molecule has 7 nitrogen and oxygen atoms in total. The molecule has 0 aliphatic heterocycles. The Labute approximate surface area is 179 Å². The molecule has 3 aromatic rings. The first-order valence-corrected chi connectivity index (χ1v) is 10.1. The average Bonchev–Trinajstić information content (AvgIpc) is 3.19. The lowest BCUT2D eigenvalue weighted by Gasteiger charge is -2.08. The molecule has 0 fully saturated rings. The second-order valence-electron chi connectivity index (χ2n) is 5.74. The maximum atomic E-state index is 12.1. The summed E-state index contributed by atoms with van der Waals surface area (Å²) in [4.78, 5) is 28.5. The highest BCUT2D eigenvalue weighted by molar-refractivity contribution is 9.10. The molecule has 3 rings (SSSR count). The fourth-order valence-electron chi connectivity index (χ4n) is 2.44. The van der Waals surface area contributed by atoms with Crippen molar-refractivity contribution in [3.8, 4) is 22.8 Å². The molecule has 0 radical (unpaired) electrons. The number of carbonyl (C=O) groups excluding carboxylic acids is 2. The van der Waals surface area contributed by atoms with Crippen LogP contribution >= 0.6 is 27.3 Å². The van der Waals surface area contributed by atoms with Gasteiger partial charge < -0.3 is 14.2 Å². The summed E-state index contributed by atoms with van der Waals surface area (Å²) in [6.45, 7) is -0.406. The minimum Gasteiger partial charge on any atom is -0.493 e. The van der Waals surface area contributed by atoms with Gasteiger partial charge in [0, 0.05) is 15.4 Å². The van der Waals surface area contributed by atoms with E-state index in [4.69, 9.17) is 14.2 Å². The van der Waals surface area contributed by atoms with Crippen molar-refractivity contribution < 1.29 is 23.8 Å². The normalized spacial score (nSPS) is 10.3. The summed E-state index contributed by atoms with van der Waals surface area (Å²) in [6.07, 6.45) is 0. The van der Waals surface area contributed by atoms with Gasteiger partial charge in [-0.3, -0.25) is 10.1 Å². The number of nitrogens with zero attached hydrogens (tertiary/aromatic N) is 1. The van der Waals surface area contributed by atoms with E-state index in [1.54, 1.807) is 50.6 Å². The Kier molecular flexibility index (Phi) is 6.84. The highest BCUT2D eigenvalue weighted by Gasteiger charge is 2.13. The second-order valence-corrected chi connectivity index (χ2v) is 7.52. The molecule has 0 aliphatic rings. The van der Waals surface area contributed by atoms with Crippen LogP contribution in [0.2, 0.25) is 0 Å². The Balaban J connectivity index is 1.60. The fraction of sp³-hybridized carbons (Fsp3) is 0.150. The van der Waals surface area contributed by atoms with Crippen LogP contribution < -0.4 is 14.8 Å². The highest BCUT2D eigenvalue weighted by Crippen LogP contribution is 2.33. The van der Waals surface area contributed by atoms with Crippen LogP contribution in [0.1, 0.15) is 10.4 Å². The third-order valence-electron chi connectivity index (χ3n) is 3.82. The first-order chi connectivity index (χ1) is 14.0. The van der Waals surface area contributed by atoms with Gasteiger partial charge in [0.05, 0.1) is 25.5 Å². The summed E-state index contributed by atoms with van der Waals surface area (Å²) < 4.78 is 16.3. The molecule has 1 N–H and O–H groups in total. The van der Waals surface area contributed by atoms with Gasteiger partial charge >= 0.3 is 5.97 Å². The maximum absolute atomic E-state index is 12.1. The number of nitrogens with one attached hydrogen (secondary N) is 1. The molecular weight excluding hydrogens is 460 g/mol. The van der Waals surface area contributed by atoms with Gasteiger partial charge in [-0.25, -0.2) is 9.78 Å². The minimum atomic E-state index is -0.577. The van der Waals surface area contributed by atoms with Crippen molar-refractivity contribution in [2.45, 2.75) is 0 Å². The van der Waals surface area contributed by atoms with E-state index in [1.165, 1.54) is 11.3 Å². The number of benzene rings is 2. The van der Waals surface area contributed by atoms with Crippen LogP contribution in [0.3, 0.4) is 0 Å². The number of carbonyl (C=O) groups is 2. The molecule has 2 aromatic carbocycles. The van der Waals surface area contributed by atoms with Crippen molar-refractivity contribution in [1.82, 2.24) is 4.98 Å². The molecule has 150 valence electrons. The number of hydrogen-bond donors (Lipinski definition) is 1. The molecule has 0 atom stereocenters. The van der Waals surface area contributed by atoms with Crippen LogP contribution in [0.25, 0.3) is 11.3 Å². The third kappa shape index (κ3) is 5.33. The lowest BCUT2D eigenvalue weighted by Crippen LogP contribution is -2.20. The van der Waals surface area contributed by atoms with E-state index in [0.717, 1.165) is 10.0 Å². The van der Waals surface area contributed by atoms with Crippen LogP contribution in [-0.4, -0.2) is 37.7 Å². The minimum absolute atomic E-state index is 0.358. The zero-order valence-corrected chi connectivity index (χ0v) is 18.0. The molecule has 0 aliphatic carbocycles. The van der Waals surface area contributed by atoms with Gasteiger partial charge in [-0.15, -0.1) is 11.3 Å². The summed E-state index contributed by atoms with van der Waals surface area (Å²) >= 11 is 4.55.